The van der Waals surface area contributed by atoms with E-state index in [4.69, 9.17) is 5.73 Å². The molecule has 1 aromatic rings. The van der Waals surface area contributed by atoms with Crippen molar-refractivity contribution >= 4 is 29.9 Å². The van der Waals surface area contributed by atoms with Gasteiger partial charge in [0, 0.05) is 43.3 Å². The van der Waals surface area contributed by atoms with Crippen molar-refractivity contribution in [3.05, 3.63) is 29.3 Å². The summed E-state index contributed by atoms with van der Waals surface area (Å²) in [6.07, 6.45) is -2.18. The van der Waals surface area contributed by atoms with Crippen molar-refractivity contribution < 1.29 is 22.8 Å². The Morgan fingerprint density at radius 2 is 1.96 bits per heavy atom. The number of amides is 2. The summed E-state index contributed by atoms with van der Waals surface area (Å²) in [4.78, 5) is 27.9. The molecule has 0 bridgehead atoms. The van der Waals surface area contributed by atoms with Crippen LogP contribution in [0.3, 0.4) is 0 Å². The molecule has 5 nitrogen and oxygen atoms in total. The fourth-order valence-corrected chi connectivity index (χ4v) is 3.88. The number of carbonyl (C=O) groups is 2. The summed E-state index contributed by atoms with van der Waals surface area (Å²) in [5.41, 5.74) is 4.95. The molecule has 2 atom stereocenters. The lowest BCUT2D eigenvalue weighted by atomic mass is 9.91. The van der Waals surface area contributed by atoms with Gasteiger partial charge in [-0.3, -0.25) is 9.59 Å². The van der Waals surface area contributed by atoms with Gasteiger partial charge in [-0.25, -0.2) is 0 Å². The molecule has 2 N–H and O–H groups in total. The molecular formula is C19H25ClF3N3O2. The predicted molar refractivity (Wildman–Crippen MR) is 103 cm³/mol. The molecular weight excluding hydrogens is 395 g/mol. The third-order valence-electron chi connectivity index (χ3n) is 5.39. The number of halogens is 4. The quantitative estimate of drug-likeness (QED) is 0.816. The summed E-state index contributed by atoms with van der Waals surface area (Å²) in [6, 6.07) is 3.02. The minimum Gasteiger partial charge on any atom is -0.334 e. The first-order valence-electron chi connectivity index (χ1n) is 9.24. The first-order chi connectivity index (χ1) is 12.7. The summed E-state index contributed by atoms with van der Waals surface area (Å²) in [6.45, 7) is 3.18. The van der Waals surface area contributed by atoms with Crippen molar-refractivity contribution in [2.75, 3.05) is 24.5 Å². The number of alkyl halides is 3. The Labute approximate surface area is 168 Å². The van der Waals surface area contributed by atoms with E-state index in [1.165, 1.54) is 11.0 Å². The number of anilines is 1. The van der Waals surface area contributed by atoms with E-state index < -0.39 is 17.6 Å². The molecule has 0 spiro atoms. The molecule has 2 aliphatic heterocycles. The van der Waals surface area contributed by atoms with Gasteiger partial charge in [0.2, 0.25) is 5.91 Å². The maximum atomic E-state index is 13.4. The summed E-state index contributed by atoms with van der Waals surface area (Å²) in [5, 5.41) is 0. The van der Waals surface area contributed by atoms with Gasteiger partial charge in [-0.05, 0) is 43.4 Å². The number of benzene rings is 1. The molecule has 1 aromatic carbocycles. The third kappa shape index (κ3) is 4.60. The highest BCUT2D eigenvalue weighted by Gasteiger charge is 2.35. The van der Waals surface area contributed by atoms with Gasteiger partial charge in [0.25, 0.3) is 5.91 Å². The highest BCUT2D eigenvalue weighted by atomic mass is 35.5. The van der Waals surface area contributed by atoms with Crippen molar-refractivity contribution in [2.24, 2.45) is 11.7 Å². The molecule has 2 unspecified atom stereocenters. The second-order valence-corrected chi connectivity index (χ2v) is 7.43. The zero-order valence-corrected chi connectivity index (χ0v) is 16.5. The molecule has 0 aromatic heterocycles. The molecule has 2 fully saturated rings. The number of hydrogen-bond donors (Lipinski definition) is 1. The molecule has 3 rings (SSSR count). The van der Waals surface area contributed by atoms with Crippen molar-refractivity contribution in [1.82, 2.24) is 4.90 Å². The molecule has 9 heteroatoms. The lowest BCUT2D eigenvalue weighted by Gasteiger charge is -2.38. The number of likely N-dealkylation sites (tertiary alicyclic amines) is 1. The van der Waals surface area contributed by atoms with Crippen LogP contribution in [-0.2, 0) is 11.0 Å². The minimum absolute atomic E-state index is 0. The average molecular weight is 420 g/mol. The zero-order valence-electron chi connectivity index (χ0n) is 15.7. The van der Waals surface area contributed by atoms with Crippen LogP contribution in [0.25, 0.3) is 0 Å². The summed E-state index contributed by atoms with van der Waals surface area (Å²) in [5.74, 6) is -0.266. The lowest BCUT2D eigenvalue weighted by Crippen LogP contribution is -2.49. The summed E-state index contributed by atoms with van der Waals surface area (Å²) in [7, 11) is 0. The van der Waals surface area contributed by atoms with E-state index in [9.17, 15) is 22.8 Å². The Hall–Kier alpha value is -1.80. The van der Waals surface area contributed by atoms with Crippen molar-refractivity contribution in [3.63, 3.8) is 0 Å². The highest BCUT2D eigenvalue weighted by Crippen LogP contribution is 2.35. The average Bonchev–Trinajstić information content (AvgIpc) is 3.06. The molecule has 2 saturated heterocycles. The van der Waals surface area contributed by atoms with Crippen molar-refractivity contribution in [2.45, 2.75) is 44.8 Å². The van der Waals surface area contributed by atoms with E-state index in [0.717, 1.165) is 25.0 Å². The SMILES string of the molecule is CC1CCN(C(=O)c2cc(N3CCCC3=O)cc(C(F)(F)F)c2)C(CN)C1.Cl. The molecule has 2 aliphatic rings. The monoisotopic (exact) mass is 419 g/mol. The van der Waals surface area contributed by atoms with E-state index in [0.29, 0.717) is 31.8 Å². The topological polar surface area (TPSA) is 66.6 Å². The van der Waals surface area contributed by atoms with Gasteiger partial charge >= 0.3 is 6.18 Å². The molecule has 28 heavy (non-hydrogen) atoms. The number of carbonyl (C=O) groups excluding carboxylic acids is 2. The van der Waals surface area contributed by atoms with Crippen LogP contribution in [0.2, 0.25) is 0 Å². The third-order valence-corrected chi connectivity index (χ3v) is 5.39. The van der Waals surface area contributed by atoms with Gasteiger partial charge in [0.15, 0.2) is 0 Å². The Morgan fingerprint density at radius 3 is 2.54 bits per heavy atom. The zero-order chi connectivity index (χ0) is 19.8. The molecule has 2 heterocycles. The van der Waals surface area contributed by atoms with Gasteiger partial charge in [-0.1, -0.05) is 6.92 Å². The molecule has 0 saturated carbocycles. The predicted octanol–water partition coefficient (Wildman–Crippen LogP) is 3.45. The second-order valence-electron chi connectivity index (χ2n) is 7.43. The summed E-state index contributed by atoms with van der Waals surface area (Å²) < 4.78 is 40.2. The van der Waals surface area contributed by atoms with E-state index in [2.05, 4.69) is 6.92 Å². The van der Waals surface area contributed by atoms with E-state index >= 15 is 0 Å². The Balaban J connectivity index is 0.00000280. The molecule has 2 amide bonds. The largest absolute Gasteiger partial charge is 0.416 e. The van der Waals surface area contributed by atoms with Crippen LogP contribution in [0.4, 0.5) is 18.9 Å². The molecule has 0 radical (unpaired) electrons. The number of piperidine rings is 1. The van der Waals surface area contributed by atoms with Crippen LogP contribution < -0.4 is 10.6 Å². The van der Waals surface area contributed by atoms with Crippen LogP contribution >= 0.6 is 12.4 Å². The molecule has 0 aliphatic carbocycles. The number of rotatable bonds is 3. The van der Waals surface area contributed by atoms with E-state index in [1.807, 2.05) is 0 Å². The highest BCUT2D eigenvalue weighted by molar-refractivity contribution is 5.99. The van der Waals surface area contributed by atoms with Gasteiger partial charge in [0.05, 0.1) is 5.56 Å². The lowest BCUT2D eigenvalue weighted by molar-refractivity contribution is -0.137. The fraction of sp³-hybridized carbons (Fsp3) is 0.579. The normalized spacial score (nSPS) is 23.0. The van der Waals surface area contributed by atoms with Crippen molar-refractivity contribution in [3.8, 4) is 0 Å². The maximum absolute atomic E-state index is 13.4. The first-order valence-corrected chi connectivity index (χ1v) is 9.24. The maximum Gasteiger partial charge on any atom is 0.416 e. The standard InChI is InChI=1S/C19H24F3N3O2.ClH/c1-12-4-6-25(16(7-12)11-23)18(27)13-8-14(19(20,21)22)10-15(9-13)24-5-2-3-17(24)26;/h8-10,12,16H,2-7,11,23H2,1H3;1H. The Bertz CT molecular complexity index is 742. The summed E-state index contributed by atoms with van der Waals surface area (Å²) >= 11 is 0. The minimum atomic E-state index is -4.60. The van der Waals surface area contributed by atoms with E-state index in [1.54, 1.807) is 4.90 Å². The van der Waals surface area contributed by atoms with Crippen LogP contribution in [0.1, 0.15) is 48.5 Å². The first kappa shape index (κ1) is 22.5. The number of nitrogens with two attached hydrogens (primary N) is 1. The van der Waals surface area contributed by atoms with Crippen LogP contribution in [0.15, 0.2) is 18.2 Å². The van der Waals surface area contributed by atoms with Gasteiger partial charge < -0.3 is 15.5 Å². The van der Waals surface area contributed by atoms with Crippen molar-refractivity contribution in [1.29, 1.82) is 0 Å². The fourth-order valence-electron chi connectivity index (χ4n) is 3.88. The van der Waals surface area contributed by atoms with Crippen LogP contribution in [0, 0.1) is 5.92 Å². The Kier molecular flexibility index (Phi) is 6.98. The number of hydrogen-bond acceptors (Lipinski definition) is 3. The van der Waals surface area contributed by atoms with E-state index in [-0.39, 0.29) is 42.2 Å². The van der Waals surface area contributed by atoms with Gasteiger partial charge in [-0.2, -0.15) is 13.2 Å². The van der Waals surface area contributed by atoms with Crippen LogP contribution in [-0.4, -0.2) is 42.4 Å². The second kappa shape index (κ2) is 8.69. The molecule has 156 valence electrons. The van der Waals surface area contributed by atoms with Gasteiger partial charge in [-0.15, -0.1) is 12.4 Å². The van der Waals surface area contributed by atoms with Crippen LogP contribution in [0.5, 0.6) is 0 Å². The Morgan fingerprint density at radius 1 is 1.25 bits per heavy atom. The number of nitrogens with zero attached hydrogens (tertiary/aromatic N) is 2. The van der Waals surface area contributed by atoms with Gasteiger partial charge in [0.1, 0.15) is 0 Å². The smallest absolute Gasteiger partial charge is 0.334 e.